The van der Waals surface area contributed by atoms with Gasteiger partial charge in [-0.3, -0.25) is 10.1 Å². The molecule has 0 fully saturated rings. The lowest BCUT2D eigenvalue weighted by atomic mass is 10.3. The molecule has 1 rings (SSSR count). The third kappa shape index (κ3) is 6.19. The zero-order valence-corrected chi connectivity index (χ0v) is 11.9. The first-order valence-corrected chi connectivity index (χ1v) is 6.46. The molecule has 0 aliphatic carbocycles. The number of benzene rings is 1. The van der Waals surface area contributed by atoms with E-state index in [0.717, 1.165) is 0 Å². The van der Waals surface area contributed by atoms with Gasteiger partial charge in [0.25, 0.3) is 0 Å². The van der Waals surface area contributed by atoms with Gasteiger partial charge in [0.05, 0.1) is 12.7 Å². The topological polar surface area (TPSA) is 76.7 Å². The maximum atomic E-state index is 11.5. The molecule has 6 nitrogen and oxygen atoms in total. The molecule has 0 aromatic heterocycles. The van der Waals surface area contributed by atoms with Gasteiger partial charge in [-0.2, -0.15) is 0 Å². The average Bonchev–Trinajstić information content (AvgIpc) is 2.39. The highest BCUT2D eigenvalue weighted by Gasteiger charge is 2.05. The molecule has 0 saturated heterocycles. The van der Waals surface area contributed by atoms with Gasteiger partial charge < -0.3 is 14.8 Å². The van der Waals surface area contributed by atoms with Crippen LogP contribution in [0.2, 0.25) is 0 Å². The Morgan fingerprint density at radius 3 is 2.15 bits per heavy atom. The number of ether oxygens (including phenoxy) is 2. The minimum absolute atomic E-state index is 0.0110. The molecule has 0 spiro atoms. The van der Waals surface area contributed by atoms with Crippen molar-refractivity contribution in [2.24, 2.45) is 0 Å². The predicted octanol–water partition coefficient (Wildman–Crippen LogP) is 2.62. The standard InChI is InChI=1S/C14H20N2O4/c1-4-19-14(18)16-12-7-5-11(6-8-12)15-13(17)9-20-10(2)3/h5-8,10H,4,9H2,1-3H3,(H,15,17)(H,16,18). The van der Waals surface area contributed by atoms with Crippen LogP contribution in [0, 0.1) is 0 Å². The van der Waals surface area contributed by atoms with Crippen molar-refractivity contribution < 1.29 is 19.1 Å². The highest BCUT2D eigenvalue weighted by molar-refractivity contribution is 5.92. The Balaban J connectivity index is 2.46. The summed E-state index contributed by atoms with van der Waals surface area (Å²) in [5.41, 5.74) is 1.23. The smallest absolute Gasteiger partial charge is 0.411 e. The molecule has 20 heavy (non-hydrogen) atoms. The molecule has 1 aromatic rings. The Kier molecular flexibility index (Phi) is 6.52. The van der Waals surface area contributed by atoms with E-state index in [1.165, 1.54) is 0 Å². The van der Waals surface area contributed by atoms with Gasteiger partial charge in [0.15, 0.2) is 0 Å². The van der Waals surface area contributed by atoms with E-state index in [4.69, 9.17) is 9.47 Å². The lowest BCUT2D eigenvalue weighted by Gasteiger charge is -2.09. The third-order valence-corrected chi connectivity index (χ3v) is 2.24. The molecule has 0 aliphatic rings. The zero-order chi connectivity index (χ0) is 15.0. The summed E-state index contributed by atoms with van der Waals surface area (Å²) in [6.45, 7) is 5.79. The van der Waals surface area contributed by atoms with Crippen molar-refractivity contribution in [3.63, 3.8) is 0 Å². The summed E-state index contributed by atoms with van der Waals surface area (Å²) in [4.78, 5) is 22.7. The Hall–Kier alpha value is -2.08. The van der Waals surface area contributed by atoms with E-state index >= 15 is 0 Å². The minimum atomic E-state index is -0.505. The molecular formula is C14H20N2O4. The summed E-state index contributed by atoms with van der Waals surface area (Å²) >= 11 is 0. The van der Waals surface area contributed by atoms with Crippen molar-refractivity contribution in [3.8, 4) is 0 Å². The molecule has 0 atom stereocenters. The Morgan fingerprint density at radius 1 is 1.10 bits per heavy atom. The number of carbonyl (C=O) groups is 2. The van der Waals surface area contributed by atoms with Gasteiger partial charge in [-0.15, -0.1) is 0 Å². The number of rotatable bonds is 6. The van der Waals surface area contributed by atoms with E-state index in [9.17, 15) is 9.59 Å². The van der Waals surface area contributed by atoms with Gasteiger partial charge in [-0.05, 0) is 45.0 Å². The lowest BCUT2D eigenvalue weighted by molar-refractivity contribution is -0.121. The van der Waals surface area contributed by atoms with Crippen LogP contribution in [-0.2, 0) is 14.3 Å². The highest BCUT2D eigenvalue weighted by atomic mass is 16.5. The number of hydrogen-bond acceptors (Lipinski definition) is 4. The summed E-state index contributed by atoms with van der Waals surface area (Å²) in [5, 5.41) is 5.26. The summed E-state index contributed by atoms with van der Waals surface area (Å²) in [5.74, 6) is -0.218. The molecule has 0 unspecified atom stereocenters. The van der Waals surface area contributed by atoms with Crippen LogP contribution in [0.5, 0.6) is 0 Å². The van der Waals surface area contributed by atoms with Crippen LogP contribution in [0.4, 0.5) is 16.2 Å². The highest BCUT2D eigenvalue weighted by Crippen LogP contribution is 2.13. The zero-order valence-electron chi connectivity index (χ0n) is 11.9. The maximum absolute atomic E-state index is 11.5. The van der Waals surface area contributed by atoms with Crippen molar-refractivity contribution in [2.75, 3.05) is 23.8 Å². The molecule has 0 bridgehead atoms. The Bertz CT molecular complexity index is 443. The van der Waals surface area contributed by atoms with E-state index < -0.39 is 6.09 Å². The SMILES string of the molecule is CCOC(=O)Nc1ccc(NC(=O)COC(C)C)cc1. The van der Waals surface area contributed by atoms with Crippen LogP contribution in [-0.4, -0.2) is 31.3 Å². The molecule has 2 amide bonds. The van der Waals surface area contributed by atoms with Crippen molar-refractivity contribution in [2.45, 2.75) is 26.9 Å². The van der Waals surface area contributed by atoms with Crippen LogP contribution in [0.1, 0.15) is 20.8 Å². The van der Waals surface area contributed by atoms with Crippen LogP contribution in [0.25, 0.3) is 0 Å². The van der Waals surface area contributed by atoms with Crippen molar-refractivity contribution in [1.82, 2.24) is 0 Å². The Labute approximate surface area is 118 Å². The largest absolute Gasteiger partial charge is 0.450 e. The van der Waals surface area contributed by atoms with Crippen molar-refractivity contribution in [1.29, 1.82) is 0 Å². The predicted molar refractivity (Wildman–Crippen MR) is 76.8 cm³/mol. The van der Waals surface area contributed by atoms with Gasteiger partial charge in [-0.25, -0.2) is 4.79 Å². The normalized spacial score (nSPS) is 10.2. The summed E-state index contributed by atoms with van der Waals surface area (Å²) in [6, 6.07) is 6.73. The molecule has 0 saturated carbocycles. The third-order valence-electron chi connectivity index (χ3n) is 2.24. The van der Waals surface area contributed by atoms with E-state index in [1.807, 2.05) is 13.8 Å². The fourth-order valence-electron chi connectivity index (χ4n) is 1.36. The van der Waals surface area contributed by atoms with Crippen molar-refractivity contribution in [3.05, 3.63) is 24.3 Å². The number of hydrogen-bond donors (Lipinski definition) is 2. The minimum Gasteiger partial charge on any atom is -0.450 e. The van der Waals surface area contributed by atoms with Crippen molar-refractivity contribution >= 4 is 23.4 Å². The second kappa shape index (κ2) is 8.16. The summed E-state index contributed by atoms with van der Waals surface area (Å²) < 4.78 is 9.95. The van der Waals surface area contributed by atoms with Gasteiger partial charge >= 0.3 is 6.09 Å². The number of carbonyl (C=O) groups excluding carboxylic acids is 2. The first-order valence-electron chi connectivity index (χ1n) is 6.46. The van der Waals surface area contributed by atoms with Crippen LogP contribution in [0.15, 0.2) is 24.3 Å². The van der Waals surface area contributed by atoms with Gasteiger partial charge in [0.1, 0.15) is 6.61 Å². The fourth-order valence-corrected chi connectivity index (χ4v) is 1.36. The number of nitrogens with one attached hydrogen (secondary N) is 2. The maximum Gasteiger partial charge on any atom is 0.411 e. The van der Waals surface area contributed by atoms with E-state index in [1.54, 1.807) is 31.2 Å². The molecule has 0 radical (unpaired) electrons. The summed E-state index contributed by atoms with van der Waals surface area (Å²) in [7, 11) is 0. The van der Waals surface area contributed by atoms with E-state index in [2.05, 4.69) is 10.6 Å². The summed E-state index contributed by atoms with van der Waals surface area (Å²) in [6.07, 6.45) is -0.494. The van der Waals surface area contributed by atoms with Gasteiger partial charge in [0, 0.05) is 11.4 Å². The first kappa shape index (κ1) is 16.0. The molecule has 6 heteroatoms. The molecule has 1 aromatic carbocycles. The van der Waals surface area contributed by atoms with Crippen LogP contribution >= 0.6 is 0 Å². The van der Waals surface area contributed by atoms with E-state index in [-0.39, 0.29) is 18.6 Å². The number of amides is 2. The molecular weight excluding hydrogens is 260 g/mol. The van der Waals surface area contributed by atoms with E-state index in [0.29, 0.717) is 18.0 Å². The molecule has 0 aliphatic heterocycles. The fraction of sp³-hybridized carbons (Fsp3) is 0.429. The quantitative estimate of drug-likeness (QED) is 0.839. The second-order valence-corrected chi connectivity index (χ2v) is 4.33. The van der Waals surface area contributed by atoms with Gasteiger partial charge in [0.2, 0.25) is 5.91 Å². The number of anilines is 2. The molecule has 110 valence electrons. The average molecular weight is 280 g/mol. The molecule has 0 heterocycles. The molecule has 2 N–H and O–H groups in total. The Morgan fingerprint density at radius 2 is 1.65 bits per heavy atom. The lowest BCUT2D eigenvalue weighted by Crippen LogP contribution is -2.20. The van der Waals surface area contributed by atoms with Crippen LogP contribution in [0.3, 0.4) is 0 Å². The monoisotopic (exact) mass is 280 g/mol. The first-order chi connectivity index (χ1) is 9.51. The van der Waals surface area contributed by atoms with Crippen LogP contribution < -0.4 is 10.6 Å². The van der Waals surface area contributed by atoms with Gasteiger partial charge in [-0.1, -0.05) is 0 Å². The second-order valence-electron chi connectivity index (χ2n) is 4.33.